The van der Waals surface area contributed by atoms with Crippen LogP contribution in [0.2, 0.25) is 0 Å². The van der Waals surface area contributed by atoms with E-state index >= 15 is 0 Å². The Kier molecular flexibility index (Phi) is 6.48. The Hall–Kier alpha value is -4.10. The van der Waals surface area contributed by atoms with Crippen LogP contribution in [0.15, 0.2) is 87.3 Å². The number of aliphatic imine (C=N–C) groups is 1. The number of aromatic nitrogens is 1. The van der Waals surface area contributed by atoms with Crippen LogP contribution >= 0.6 is 11.8 Å². The zero-order valence-corrected chi connectivity index (χ0v) is 21.2. The molecule has 0 N–H and O–H groups in total. The second kappa shape index (κ2) is 9.87. The van der Waals surface area contributed by atoms with Gasteiger partial charge in [-0.25, -0.2) is 14.8 Å². The Balaban J connectivity index is 1.58. The van der Waals surface area contributed by atoms with Crippen molar-refractivity contribution < 1.29 is 19.0 Å². The van der Waals surface area contributed by atoms with Crippen LogP contribution in [-0.4, -0.2) is 31.1 Å². The van der Waals surface area contributed by atoms with Crippen molar-refractivity contribution in [2.75, 3.05) is 14.2 Å². The molecule has 0 bridgehead atoms. The van der Waals surface area contributed by atoms with Gasteiger partial charge in [-0.1, -0.05) is 47.7 Å². The second-order valence-corrected chi connectivity index (χ2v) is 9.41. The lowest BCUT2D eigenvalue weighted by Gasteiger charge is -2.10. The number of pyridine rings is 1. The summed E-state index contributed by atoms with van der Waals surface area (Å²) in [5, 5.41) is 1.78. The van der Waals surface area contributed by atoms with Gasteiger partial charge in [0.2, 0.25) is 5.90 Å². The number of carbonyl (C=O) groups excluding carboxylic acids is 1. The number of aryl methyl sites for hydroxylation is 2. The summed E-state index contributed by atoms with van der Waals surface area (Å²) in [5.74, 6) is 0.800. The molecule has 180 valence electrons. The van der Waals surface area contributed by atoms with E-state index in [-0.39, 0.29) is 11.6 Å². The monoisotopic (exact) mass is 496 g/mol. The number of ether oxygens (including phenoxy) is 3. The third-order valence-electron chi connectivity index (χ3n) is 5.82. The number of carbonyl (C=O) groups is 1. The molecule has 0 saturated carbocycles. The number of nitrogens with zero attached hydrogens (tertiary/aromatic N) is 2. The van der Waals surface area contributed by atoms with Crippen molar-refractivity contribution in [1.82, 2.24) is 4.98 Å². The van der Waals surface area contributed by atoms with Crippen LogP contribution < -0.4 is 9.47 Å². The number of fused-ring (bicyclic) bond motifs is 1. The molecule has 1 aliphatic heterocycles. The molecule has 4 aromatic rings. The molecule has 0 unspecified atom stereocenters. The molecule has 7 heteroatoms. The van der Waals surface area contributed by atoms with Crippen molar-refractivity contribution in [1.29, 1.82) is 0 Å². The van der Waals surface area contributed by atoms with Crippen molar-refractivity contribution in [3.8, 4) is 11.5 Å². The van der Waals surface area contributed by atoms with Gasteiger partial charge < -0.3 is 14.2 Å². The average molecular weight is 497 g/mol. The number of hydrogen-bond acceptors (Lipinski definition) is 7. The van der Waals surface area contributed by atoms with Crippen molar-refractivity contribution >= 4 is 40.6 Å². The van der Waals surface area contributed by atoms with Gasteiger partial charge in [-0.15, -0.1) is 0 Å². The molecule has 0 saturated heterocycles. The number of methoxy groups -OCH3 is 2. The van der Waals surface area contributed by atoms with Gasteiger partial charge in [-0.2, -0.15) is 0 Å². The first-order valence-electron chi connectivity index (χ1n) is 11.3. The maximum absolute atomic E-state index is 12.8. The van der Waals surface area contributed by atoms with E-state index in [0.29, 0.717) is 17.1 Å². The Morgan fingerprint density at radius 1 is 0.917 bits per heavy atom. The highest BCUT2D eigenvalue weighted by molar-refractivity contribution is 7.99. The summed E-state index contributed by atoms with van der Waals surface area (Å²) in [7, 11) is 3.12. The number of para-hydroxylation sites is 1. The van der Waals surface area contributed by atoms with Gasteiger partial charge in [-0.05, 0) is 61.9 Å². The summed E-state index contributed by atoms with van der Waals surface area (Å²) in [4.78, 5) is 23.3. The van der Waals surface area contributed by atoms with Gasteiger partial charge in [0, 0.05) is 21.4 Å². The Bertz CT molecular complexity index is 1540. The molecule has 0 aliphatic carbocycles. The van der Waals surface area contributed by atoms with E-state index in [4.69, 9.17) is 19.2 Å². The molecular weight excluding hydrogens is 472 g/mol. The van der Waals surface area contributed by atoms with Crippen molar-refractivity contribution in [3.63, 3.8) is 0 Å². The summed E-state index contributed by atoms with van der Waals surface area (Å²) in [6.45, 7) is 4.10. The standard InChI is InChI=1S/C29H24N2O4S/c1-17-8-11-22(12-9-17)36-28-21(14-19-7-5-6-18(2)26(19)31-28)15-23-29(32)35-27(30-23)20-10-13-24(33-3)25(16-20)34-4/h5-16H,1-4H3. The number of rotatable bonds is 6. The molecule has 0 spiro atoms. The van der Waals surface area contributed by atoms with Crippen molar-refractivity contribution in [3.05, 3.63) is 94.7 Å². The first kappa shape index (κ1) is 23.6. The van der Waals surface area contributed by atoms with Crippen LogP contribution in [0.25, 0.3) is 17.0 Å². The number of cyclic esters (lactones) is 1. The van der Waals surface area contributed by atoms with Crippen LogP contribution in [0.5, 0.6) is 11.5 Å². The van der Waals surface area contributed by atoms with Crippen LogP contribution in [-0.2, 0) is 9.53 Å². The third-order valence-corrected chi connectivity index (χ3v) is 6.85. The molecule has 6 nitrogen and oxygen atoms in total. The molecular formula is C29H24N2O4S. The summed E-state index contributed by atoms with van der Waals surface area (Å²) in [5.41, 5.74) is 4.83. The summed E-state index contributed by atoms with van der Waals surface area (Å²) >= 11 is 1.55. The third kappa shape index (κ3) is 4.70. The minimum Gasteiger partial charge on any atom is -0.493 e. The highest BCUT2D eigenvalue weighted by Gasteiger charge is 2.26. The van der Waals surface area contributed by atoms with Crippen molar-refractivity contribution in [2.45, 2.75) is 23.8 Å². The molecule has 36 heavy (non-hydrogen) atoms. The van der Waals surface area contributed by atoms with Crippen LogP contribution in [0.4, 0.5) is 0 Å². The van der Waals surface area contributed by atoms with Gasteiger partial charge in [-0.3, -0.25) is 0 Å². The maximum Gasteiger partial charge on any atom is 0.363 e. The van der Waals surface area contributed by atoms with Crippen LogP contribution in [0.3, 0.4) is 0 Å². The highest BCUT2D eigenvalue weighted by Crippen LogP contribution is 2.34. The van der Waals surface area contributed by atoms with E-state index < -0.39 is 5.97 Å². The zero-order chi connectivity index (χ0) is 25.2. The smallest absolute Gasteiger partial charge is 0.363 e. The SMILES string of the molecule is COc1ccc(C2=NC(=Cc3cc4cccc(C)c4nc3Sc3ccc(C)cc3)C(=O)O2)cc1OC. The quantitative estimate of drug-likeness (QED) is 0.228. The van der Waals surface area contributed by atoms with Gasteiger partial charge in [0.05, 0.1) is 19.7 Å². The Labute approximate surface area is 213 Å². The zero-order valence-electron chi connectivity index (χ0n) is 20.4. The fourth-order valence-electron chi connectivity index (χ4n) is 3.90. The maximum atomic E-state index is 12.8. The van der Waals surface area contributed by atoms with Gasteiger partial charge >= 0.3 is 5.97 Å². The molecule has 0 radical (unpaired) electrons. The normalized spacial score (nSPS) is 14.2. The summed E-state index contributed by atoms with van der Waals surface area (Å²) in [6, 6.07) is 21.6. The average Bonchev–Trinajstić information content (AvgIpc) is 3.25. The van der Waals surface area contributed by atoms with Crippen LogP contribution in [0, 0.1) is 13.8 Å². The van der Waals surface area contributed by atoms with E-state index in [1.807, 2.05) is 31.2 Å². The topological polar surface area (TPSA) is 70.0 Å². The molecule has 0 amide bonds. The first-order valence-corrected chi connectivity index (χ1v) is 12.2. The summed E-state index contributed by atoms with van der Waals surface area (Å²) < 4.78 is 16.2. The van der Waals surface area contributed by atoms with E-state index in [0.717, 1.165) is 32.0 Å². The Morgan fingerprint density at radius 2 is 1.69 bits per heavy atom. The lowest BCUT2D eigenvalue weighted by molar-refractivity contribution is -0.129. The molecule has 2 heterocycles. The predicted molar refractivity (Wildman–Crippen MR) is 142 cm³/mol. The first-order chi connectivity index (χ1) is 17.4. The Morgan fingerprint density at radius 3 is 2.44 bits per heavy atom. The minimum absolute atomic E-state index is 0.208. The lowest BCUT2D eigenvalue weighted by Crippen LogP contribution is -2.06. The molecule has 5 rings (SSSR count). The van der Waals surface area contributed by atoms with E-state index in [1.54, 1.807) is 50.3 Å². The predicted octanol–water partition coefficient (Wildman–Crippen LogP) is 6.36. The molecule has 0 atom stereocenters. The molecule has 3 aromatic carbocycles. The van der Waals surface area contributed by atoms with Gasteiger partial charge in [0.25, 0.3) is 0 Å². The number of hydrogen-bond donors (Lipinski definition) is 0. The fraction of sp³-hybridized carbons (Fsp3) is 0.138. The summed E-state index contributed by atoms with van der Waals surface area (Å²) in [6.07, 6.45) is 1.74. The largest absolute Gasteiger partial charge is 0.493 e. The van der Waals surface area contributed by atoms with Crippen molar-refractivity contribution in [2.24, 2.45) is 4.99 Å². The minimum atomic E-state index is -0.518. The van der Waals surface area contributed by atoms with E-state index in [1.165, 1.54) is 5.56 Å². The number of benzene rings is 3. The molecule has 1 aromatic heterocycles. The number of esters is 1. The fourth-order valence-corrected chi connectivity index (χ4v) is 4.77. The van der Waals surface area contributed by atoms with Gasteiger partial charge in [0.1, 0.15) is 5.03 Å². The van der Waals surface area contributed by atoms with E-state index in [9.17, 15) is 4.79 Å². The van der Waals surface area contributed by atoms with Gasteiger partial charge in [0.15, 0.2) is 17.2 Å². The highest BCUT2D eigenvalue weighted by atomic mass is 32.2. The lowest BCUT2D eigenvalue weighted by atomic mass is 10.1. The molecule has 0 fully saturated rings. The second-order valence-electron chi connectivity index (χ2n) is 8.35. The molecule has 1 aliphatic rings. The van der Waals surface area contributed by atoms with E-state index in [2.05, 4.69) is 36.2 Å². The van der Waals surface area contributed by atoms with Crippen LogP contribution in [0.1, 0.15) is 22.3 Å².